The first-order chi connectivity index (χ1) is 16.1. The molecule has 5 N–H and O–H groups in total. The largest absolute Gasteiger partial charge is 0.395 e. The van der Waals surface area contributed by atoms with Crippen LogP contribution in [0.4, 0.5) is 0 Å². The van der Waals surface area contributed by atoms with Gasteiger partial charge in [-0.25, -0.2) is 21.6 Å². The summed E-state index contributed by atoms with van der Waals surface area (Å²) in [5.41, 5.74) is 8.43. The average molecular weight is 526 g/mol. The van der Waals surface area contributed by atoms with Gasteiger partial charge in [-0.1, -0.05) is 0 Å². The first-order valence-electron chi connectivity index (χ1n) is 10.9. The molecule has 12 heteroatoms. The van der Waals surface area contributed by atoms with Gasteiger partial charge < -0.3 is 15.8 Å². The molecule has 1 fully saturated rings. The number of thiophene rings is 1. The zero-order valence-electron chi connectivity index (χ0n) is 18.4. The quantitative estimate of drug-likeness (QED) is 0.333. The van der Waals surface area contributed by atoms with Crippen LogP contribution in [0.2, 0.25) is 0 Å². The topological polar surface area (TPSA) is 159 Å². The summed E-state index contributed by atoms with van der Waals surface area (Å²) in [6.07, 6.45) is 3.23. The summed E-state index contributed by atoms with van der Waals surface area (Å²) in [7, 11) is -6.47. The van der Waals surface area contributed by atoms with Crippen molar-refractivity contribution in [3.05, 3.63) is 46.5 Å². The number of aliphatic hydroxyl groups excluding tert-OH is 1. The molecule has 3 aromatic rings. The first-order valence-corrected chi connectivity index (χ1v) is 15.2. The zero-order valence-corrected chi connectivity index (χ0v) is 20.9. The summed E-state index contributed by atoms with van der Waals surface area (Å²) < 4.78 is 50.0. The maximum Gasteiger partial charge on any atom is 0.250 e. The number of aromatic amines is 1. The molecule has 0 bridgehead atoms. The van der Waals surface area contributed by atoms with Gasteiger partial charge in [0.2, 0.25) is 10.0 Å². The molecule has 9 nitrogen and oxygen atoms in total. The third kappa shape index (κ3) is 5.52. The van der Waals surface area contributed by atoms with E-state index in [4.69, 9.17) is 10.8 Å². The number of H-pyrrole nitrogens is 1. The number of carbonyl (C=O) groups excluding carboxylic acids is 1. The van der Waals surface area contributed by atoms with E-state index in [9.17, 15) is 21.6 Å². The minimum atomic E-state index is -3.47. The summed E-state index contributed by atoms with van der Waals surface area (Å²) >= 11 is 1.44. The Morgan fingerprint density at radius 2 is 1.97 bits per heavy atom. The van der Waals surface area contributed by atoms with Crippen molar-refractivity contribution in [2.24, 2.45) is 5.73 Å². The number of hydrogen-bond acceptors (Lipinski definition) is 7. The molecule has 1 aliphatic heterocycles. The molecule has 1 amide bonds. The summed E-state index contributed by atoms with van der Waals surface area (Å²) in [6.45, 7) is -0.273. The lowest BCUT2D eigenvalue weighted by atomic mass is 9.91. The van der Waals surface area contributed by atoms with Gasteiger partial charge >= 0.3 is 0 Å². The molecular weight excluding hydrogens is 498 g/mol. The van der Waals surface area contributed by atoms with E-state index < -0.39 is 25.8 Å². The summed E-state index contributed by atoms with van der Waals surface area (Å²) in [5.74, 6) is -0.285. The molecule has 184 valence electrons. The van der Waals surface area contributed by atoms with E-state index in [0.29, 0.717) is 30.3 Å². The molecule has 0 unspecified atom stereocenters. The van der Waals surface area contributed by atoms with E-state index in [1.165, 1.54) is 11.3 Å². The van der Waals surface area contributed by atoms with Crippen LogP contribution in [0.1, 0.15) is 39.6 Å². The van der Waals surface area contributed by atoms with E-state index in [0.717, 1.165) is 26.3 Å². The minimum absolute atomic E-state index is 0.0140. The number of benzene rings is 1. The van der Waals surface area contributed by atoms with Gasteiger partial charge in [0.15, 0.2) is 0 Å². The van der Waals surface area contributed by atoms with Gasteiger partial charge in [-0.2, -0.15) is 0 Å². The van der Waals surface area contributed by atoms with E-state index in [-0.39, 0.29) is 36.3 Å². The standard InChI is InChI=1S/C22H27N3O6S3/c23-22(27)18-12-15(20-2-1-16(32-20)5-10-34(30,31)25-6-7-26)11-17-19(13-24-21(17)18)14-3-8-33(28,29)9-4-14/h1-2,11-14,24-26H,3-10H2,(H2,23,27). The van der Waals surface area contributed by atoms with Crippen LogP contribution in [0.5, 0.6) is 0 Å². The zero-order chi connectivity index (χ0) is 24.5. The van der Waals surface area contributed by atoms with Gasteiger partial charge in [0.05, 0.1) is 34.9 Å². The monoisotopic (exact) mass is 525 g/mol. The number of primary amides is 1. The Bertz CT molecular complexity index is 1410. The van der Waals surface area contributed by atoms with Gasteiger partial charge in [0.1, 0.15) is 9.84 Å². The summed E-state index contributed by atoms with van der Waals surface area (Å²) in [4.78, 5) is 17.1. The van der Waals surface area contributed by atoms with E-state index in [1.54, 1.807) is 6.07 Å². The van der Waals surface area contributed by atoms with Gasteiger partial charge in [-0.3, -0.25) is 4.79 Å². The number of sulfone groups is 1. The molecule has 2 aromatic heterocycles. The van der Waals surface area contributed by atoms with Gasteiger partial charge in [-0.05, 0) is 60.6 Å². The minimum Gasteiger partial charge on any atom is -0.395 e. The van der Waals surface area contributed by atoms with Crippen LogP contribution < -0.4 is 10.5 Å². The molecule has 0 radical (unpaired) electrons. The highest BCUT2D eigenvalue weighted by Gasteiger charge is 2.27. The fraction of sp³-hybridized carbons (Fsp3) is 0.409. The molecule has 0 atom stereocenters. The molecular formula is C22H27N3O6S3. The fourth-order valence-electron chi connectivity index (χ4n) is 4.30. The van der Waals surface area contributed by atoms with Crippen LogP contribution in [0.3, 0.4) is 0 Å². The number of nitrogens with two attached hydrogens (primary N) is 1. The van der Waals surface area contributed by atoms with E-state index >= 15 is 0 Å². The highest BCUT2D eigenvalue weighted by atomic mass is 32.2. The molecule has 3 heterocycles. The average Bonchev–Trinajstić information content (AvgIpc) is 3.43. The second kappa shape index (κ2) is 9.78. The number of amides is 1. The number of sulfonamides is 1. The lowest BCUT2D eigenvalue weighted by Gasteiger charge is -2.21. The molecule has 1 aliphatic rings. The lowest BCUT2D eigenvalue weighted by molar-refractivity contribution is 0.100. The van der Waals surface area contributed by atoms with Crippen LogP contribution in [0.15, 0.2) is 30.5 Å². The number of carbonyl (C=O) groups is 1. The van der Waals surface area contributed by atoms with Crippen molar-refractivity contribution >= 4 is 48.0 Å². The van der Waals surface area contributed by atoms with Gasteiger partial charge in [-0.15, -0.1) is 11.3 Å². The second-order valence-corrected chi connectivity index (χ2v) is 13.8. The number of hydrogen-bond donors (Lipinski definition) is 4. The van der Waals surface area contributed by atoms with Crippen LogP contribution in [-0.4, -0.2) is 63.2 Å². The predicted octanol–water partition coefficient (Wildman–Crippen LogP) is 1.74. The van der Waals surface area contributed by atoms with Crippen molar-refractivity contribution in [1.82, 2.24) is 9.71 Å². The highest BCUT2D eigenvalue weighted by Crippen LogP contribution is 2.38. The number of rotatable bonds is 9. The predicted molar refractivity (Wildman–Crippen MR) is 133 cm³/mol. The normalized spacial score (nSPS) is 16.7. The molecule has 1 saturated heterocycles. The number of aliphatic hydroxyl groups is 1. The molecule has 0 saturated carbocycles. The fourth-order valence-corrected chi connectivity index (χ4v) is 7.95. The van der Waals surface area contributed by atoms with Gasteiger partial charge in [0.25, 0.3) is 5.91 Å². The number of aromatic nitrogens is 1. The lowest BCUT2D eigenvalue weighted by Crippen LogP contribution is -2.29. The SMILES string of the molecule is NC(=O)c1cc(-c2ccc(CCS(=O)(=O)NCCO)s2)cc2c(C3CCS(=O)(=O)CC3)c[nH]c12. The van der Waals surface area contributed by atoms with Gasteiger partial charge in [0, 0.05) is 27.9 Å². The van der Waals surface area contributed by atoms with Crippen LogP contribution in [0, 0.1) is 0 Å². The Labute approximate surface area is 202 Å². The van der Waals surface area contributed by atoms with Crippen molar-refractivity contribution in [3.63, 3.8) is 0 Å². The first kappa shape index (κ1) is 24.9. The third-order valence-electron chi connectivity index (χ3n) is 6.08. The Morgan fingerprint density at radius 1 is 1.24 bits per heavy atom. The third-order valence-corrected chi connectivity index (χ3v) is 10.4. The molecule has 0 aliphatic carbocycles. The molecule has 4 rings (SSSR count). The van der Waals surface area contributed by atoms with Crippen molar-refractivity contribution in [2.45, 2.75) is 25.2 Å². The Balaban J connectivity index is 1.64. The van der Waals surface area contributed by atoms with Crippen molar-refractivity contribution in [3.8, 4) is 10.4 Å². The van der Waals surface area contributed by atoms with Crippen molar-refractivity contribution in [1.29, 1.82) is 0 Å². The highest BCUT2D eigenvalue weighted by molar-refractivity contribution is 7.91. The van der Waals surface area contributed by atoms with Crippen LogP contribution in [-0.2, 0) is 26.3 Å². The van der Waals surface area contributed by atoms with E-state index in [2.05, 4.69) is 9.71 Å². The Morgan fingerprint density at radius 3 is 2.65 bits per heavy atom. The van der Waals surface area contributed by atoms with Crippen LogP contribution in [0.25, 0.3) is 21.3 Å². The van der Waals surface area contributed by atoms with E-state index in [1.807, 2.05) is 24.4 Å². The second-order valence-electron chi connectivity index (χ2n) is 8.43. The summed E-state index contributed by atoms with van der Waals surface area (Å²) in [6, 6.07) is 7.45. The molecule has 0 spiro atoms. The summed E-state index contributed by atoms with van der Waals surface area (Å²) in [5, 5.41) is 9.65. The number of nitrogens with one attached hydrogen (secondary N) is 2. The Kier molecular flexibility index (Phi) is 7.15. The molecule has 1 aromatic carbocycles. The van der Waals surface area contributed by atoms with Crippen LogP contribution >= 0.6 is 11.3 Å². The maximum atomic E-state index is 12.2. The smallest absolute Gasteiger partial charge is 0.250 e. The maximum absolute atomic E-state index is 12.2. The number of aryl methyl sites for hydroxylation is 1. The van der Waals surface area contributed by atoms with Crippen molar-refractivity contribution < 1.29 is 26.7 Å². The Hall–Kier alpha value is -2.25. The molecule has 34 heavy (non-hydrogen) atoms. The van der Waals surface area contributed by atoms with Crippen molar-refractivity contribution in [2.75, 3.05) is 30.4 Å². The number of fused-ring (bicyclic) bond motifs is 1.